The monoisotopic (exact) mass is 317 g/mol. The molecule has 0 fully saturated rings. The van der Waals surface area contributed by atoms with E-state index in [0.717, 1.165) is 27.8 Å². The number of hydrogen-bond acceptors (Lipinski definition) is 2. The van der Waals surface area contributed by atoms with E-state index in [1.807, 2.05) is 52.0 Å². The summed E-state index contributed by atoms with van der Waals surface area (Å²) in [5, 5.41) is 0. The first-order valence-electron chi connectivity index (χ1n) is 7.36. The van der Waals surface area contributed by atoms with Crippen LogP contribution in [0.4, 0.5) is 0 Å². The number of rotatable bonds is 5. The van der Waals surface area contributed by atoms with Crippen molar-refractivity contribution in [2.45, 2.75) is 40.0 Å². The molecule has 0 heterocycles. The molecule has 1 N–H and O–H groups in total. The van der Waals surface area contributed by atoms with E-state index < -0.39 is 10.0 Å². The number of sulfonamides is 1. The van der Waals surface area contributed by atoms with Crippen molar-refractivity contribution in [1.29, 1.82) is 0 Å². The summed E-state index contributed by atoms with van der Waals surface area (Å²) in [6.07, 6.45) is 0. The fourth-order valence-electron chi connectivity index (χ4n) is 2.74. The van der Waals surface area contributed by atoms with E-state index in [2.05, 4.69) is 16.9 Å². The molecule has 0 aliphatic rings. The van der Waals surface area contributed by atoms with Gasteiger partial charge in [0.2, 0.25) is 10.0 Å². The average Bonchev–Trinajstić information content (AvgIpc) is 2.36. The molecule has 0 aliphatic carbocycles. The molecule has 0 amide bonds. The minimum atomic E-state index is -3.34. The van der Waals surface area contributed by atoms with Crippen LogP contribution in [0.15, 0.2) is 36.4 Å². The predicted molar refractivity (Wildman–Crippen MR) is 91.3 cm³/mol. The molecule has 0 atom stereocenters. The highest BCUT2D eigenvalue weighted by molar-refractivity contribution is 7.88. The summed E-state index contributed by atoms with van der Waals surface area (Å²) in [5.74, 6) is 0.0125. The molecule has 2 aromatic carbocycles. The maximum Gasteiger partial charge on any atom is 0.216 e. The summed E-state index contributed by atoms with van der Waals surface area (Å²) < 4.78 is 27.2. The maximum absolute atomic E-state index is 12.3. The topological polar surface area (TPSA) is 46.2 Å². The molecular formula is C18H23NO2S. The molecule has 0 unspecified atom stereocenters. The lowest BCUT2D eigenvalue weighted by atomic mass is 10.0. The molecule has 2 aromatic rings. The Labute approximate surface area is 133 Å². The molecule has 0 spiro atoms. The van der Waals surface area contributed by atoms with Crippen LogP contribution in [-0.2, 0) is 22.3 Å². The SMILES string of the molecule is Cc1cccc(CS(=O)(=O)NCc2c(C)cc(C)cc2C)c1. The fraction of sp³-hybridized carbons (Fsp3) is 0.333. The highest BCUT2D eigenvalue weighted by Gasteiger charge is 2.13. The first-order valence-corrected chi connectivity index (χ1v) is 9.02. The van der Waals surface area contributed by atoms with Crippen LogP contribution in [-0.4, -0.2) is 8.42 Å². The van der Waals surface area contributed by atoms with Gasteiger partial charge in [0.15, 0.2) is 0 Å². The molecule has 22 heavy (non-hydrogen) atoms. The molecule has 0 aliphatic heterocycles. The third-order valence-electron chi connectivity index (χ3n) is 3.75. The highest BCUT2D eigenvalue weighted by atomic mass is 32.2. The van der Waals surface area contributed by atoms with Crippen molar-refractivity contribution in [1.82, 2.24) is 4.72 Å². The van der Waals surface area contributed by atoms with E-state index in [1.165, 1.54) is 5.56 Å². The molecular weight excluding hydrogens is 294 g/mol. The molecule has 0 radical (unpaired) electrons. The number of aryl methyl sites for hydroxylation is 4. The van der Waals surface area contributed by atoms with Crippen LogP contribution in [0, 0.1) is 27.7 Å². The third-order valence-corrected chi connectivity index (χ3v) is 5.05. The zero-order valence-corrected chi connectivity index (χ0v) is 14.4. The Kier molecular flexibility index (Phi) is 5.04. The first kappa shape index (κ1) is 16.7. The lowest BCUT2D eigenvalue weighted by Gasteiger charge is -2.13. The number of hydrogen-bond donors (Lipinski definition) is 1. The second-order valence-corrected chi connectivity index (χ2v) is 7.75. The summed E-state index contributed by atoms with van der Waals surface area (Å²) in [5.41, 5.74) is 6.37. The van der Waals surface area contributed by atoms with Gasteiger partial charge in [0.1, 0.15) is 0 Å². The second-order valence-electron chi connectivity index (χ2n) is 5.95. The Bertz CT molecular complexity index is 756. The van der Waals surface area contributed by atoms with Crippen molar-refractivity contribution < 1.29 is 8.42 Å². The zero-order chi connectivity index (χ0) is 16.3. The lowest BCUT2D eigenvalue weighted by molar-refractivity contribution is 0.580. The molecule has 0 saturated carbocycles. The van der Waals surface area contributed by atoms with Crippen LogP contribution in [0.2, 0.25) is 0 Å². The van der Waals surface area contributed by atoms with Crippen LogP contribution < -0.4 is 4.72 Å². The first-order chi connectivity index (χ1) is 10.3. The van der Waals surface area contributed by atoms with Gasteiger partial charge in [0.25, 0.3) is 0 Å². The second kappa shape index (κ2) is 6.63. The summed E-state index contributed by atoms with van der Waals surface area (Å²) in [7, 11) is -3.34. The van der Waals surface area contributed by atoms with Gasteiger partial charge in [-0.15, -0.1) is 0 Å². The smallest absolute Gasteiger partial charge is 0.212 e. The molecule has 0 saturated heterocycles. The Morgan fingerprint density at radius 3 is 2.14 bits per heavy atom. The Morgan fingerprint density at radius 1 is 0.909 bits per heavy atom. The van der Waals surface area contributed by atoms with Crippen molar-refractivity contribution in [2.75, 3.05) is 0 Å². The molecule has 4 heteroatoms. The standard InChI is InChI=1S/C18H23NO2S/c1-13-6-5-7-17(10-13)12-22(20,21)19-11-18-15(3)8-14(2)9-16(18)4/h5-10,19H,11-12H2,1-4H3. The Balaban J connectivity index is 2.10. The van der Waals surface area contributed by atoms with E-state index in [-0.39, 0.29) is 5.75 Å². The maximum atomic E-state index is 12.3. The van der Waals surface area contributed by atoms with Crippen molar-refractivity contribution in [3.8, 4) is 0 Å². The predicted octanol–water partition coefficient (Wildman–Crippen LogP) is 3.54. The van der Waals surface area contributed by atoms with E-state index in [9.17, 15) is 8.42 Å². The number of nitrogens with one attached hydrogen (secondary N) is 1. The van der Waals surface area contributed by atoms with Gasteiger partial charge in [-0.3, -0.25) is 0 Å². The third kappa shape index (κ3) is 4.42. The fourth-order valence-corrected chi connectivity index (χ4v) is 3.83. The van der Waals surface area contributed by atoms with Gasteiger partial charge in [-0.1, -0.05) is 47.5 Å². The van der Waals surface area contributed by atoms with Gasteiger partial charge in [0.05, 0.1) is 5.75 Å². The average molecular weight is 317 g/mol. The number of benzene rings is 2. The lowest BCUT2D eigenvalue weighted by Crippen LogP contribution is -2.25. The van der Waals surface area contributed by atoms with Crippen molar-refractivity contribution in [3.63, 3.8) is 0 Å². The van der Waals surface area contributed by atoms with Crippen LogP contribution in [0.25, 0.3) is 0 Å². The van der Waals surface area contributed by atoms with Gasteiger partial charge < -0.3 is 0 Å². The summed E-state index contributed by atoms with van der Waals surface area (Å²) in [4.78, 5) is 0. The molecule has 3 nitrogen and oxygen atoms in total. The minimum absolute atomic E-state index is 0.0125. The van der Waals surface area contributed by atoms with Crippen LogP contribution in [0.3, 0.4) is 0 Å². The van der Waals surface area contributed by atoms with Gasteiger partial charge in [-0.2, -0.15) is 0 Å². The van der Waals surface area contributed by atoms with E-state index in [0.29, 0.717) is 6.54 Å². The summed E-state index contributed by atoms with van der Waals surface area (Å²) in [6.45, 7) is 8.38. The van der Waals surface area contributed by atoms with Crippen molar-refractivity contribution in [2.24, 2.45) is 0 Å². The highest BCUT2D eigenvalue weighted by Crippen LogP contribution is 2.17. The molecule has 118 valence electrons. The van der Waals surface area contributed by atoms with Gasteiger partial charge in [-0.05, 0) is 49.9 Å². The van der Waals surface area contributed by atoms with Crippen LogP contribution in [0.5, 0.6) is 0 Å². The molecule has 2 rings (SSSR count). The largest absolute Gasteiger partial charge is 0.216 e. The summed E-state index contributed by atoms with van der Waals surface area (Å²) in [6, 6.07) is 11.8. The zero-order valence-electron chi connectivity index (χ0n) is 13.6. The van der Waals surface area contributed by atoms with Crippen LogP contribution in [0.1, 0.15) is 33.4 Å². The van der Waals surface area contributed by atoms with E-state index in [1.54, 1.807) is 0 Å². The minimum Gasteiger partial charge on any atom is -0.212 e. The van der Waals surface area contributed by atoms with Crippen LogP contribution >= 0.6 is 0 Å². The Morgan fingerprint density at radius 2 is 1.55 bits per heavy atom. The van der Waals surface area contributed by atoms with E-state index in [4.69, 9.17) is 0 Å². The van der Waals surface area contributed by atoms with Gasteiger partial charge in [-0.25, -0.2) is 13.1 Å². The quantitative estimate of drug-likeness (QED) is 0.917. The molecule has 0 aromatic heterocycles. The molecule has 0 bridgehead atoms. The summed E-state index contributed by atoms with van der Waals surface area (Å²) >= 11 is 0. The van der Waals surface area contributed by atoms with E-state index >= 15 is 0 Å². The van der Waals surface area contributed by atoms with Gasteiger partial charge >= 0.3 is 0 Å². The normalized spacial score (nSPS) is 11.6. The van der Waals surface area contributed by atoms with Gasteiger partial charge in [0, 0.05) is 6.54 Å². The Hall–Kier alpha value is -1.65. The van der Waals surface area contributed by atoms with Crippen molar-refractivity contribution in [3.05, 3.63) is 69.8 Å². The van der Waals surface area contributed by atoms with Crippen molar-refractivity contribution >= 4 is 10.0 Å².